The van der Waals surface area contributed by atoms with Crippen LogP contribution in [0.3, 0.4) is 0 Å². The molecule has 0 N–H and O–H groups in total. The molecule has 3 aromatic rings. The second-order valence-electron chi connectivity index (χ2n) is 6.67. The number of benzene rings is 2. The summed E-state index contributed by atoms with van der Waals surface area (Å²) in [5.74, 6) is -0.127. The lowest BCUT2D eigenvalue weighted by atomic mass is 10.1. The van der Waals surface area contributed by atoms with E-state index in [0.717, 1.165) is 17.8 Å². The molecule has 0 fully saturated rings. The molecule has 0 spiro atoms. The van der Waals surface area contributed by atoms with E-state index in [0.29, 0.717) is 24.2 Å². The Morgan fingerprint density at radius 3 is 2.48 bits per heavy atom. The van der Waals surface area contributed by atoms with Gasteiger partial charge in [-0.1, -0.05) is 36.4 Å². The van der Waals surface area contributed by atoms with E-state index in [1.807, 2.05) is 22.8 Å². The predicted octanol–water partition coefficient (Wildman–Crippen LogP) is 5.38. The molecule has 0 radical (unpaired) electrons. The molecule has 3 nitrogen and oxygen atoms in total. The fraction of sp³-hybridized carbons (Fsp3) is 0.174. The molecule has 0 aliphatic heterocycles. The van der Waals surface area contributed by atoms with Crippen molar-refractivity contribution >= 4 is 5.91 Å². The van der Waals surface area contributed by atoms with Crippen LogP contribution in [-0.4, -0.2) is 21.9 Å². The number of nitrogens with zero attached hydrogens (tertiary/aromatic N) is 2. The van der Waals surface area contributed by atoms with Crippen LogP contribution in [0.15, 0.2) is 85.6 Å². The van der Waals surface area contributed by atoms with Gasteiger partial charge in [0, 0.05) is 30.5 Å². The highest BCUT2D eigenvalue weighted by Gasteiger charge is 2.30. The van der Waals surface area contributed by atoms with Crippen molar-refractivity contribution in [2.24, 2.45) is 0 Å². The third-order valence-corrected chi connectivity index (χ3v) is 4.54. The van der Waals surface area contributed by atoms with Crippen LogP contribution in [0.4, 0.5) is 13.2 Å². The van der Waals surface area contributed by atoms with Gasteiger partial charge in [0.2, 0.25) is 0 Å². The Morgan fingerprint density at radius 2 is 1.79 bits per heavy atom. The lowest BCUT2D eigenvalue weighted by Gasteiger charge is -2.22. The van der Waals surface area contributed by atoms with Gasteiger partial charge in [0.05, 0.1) is 12.1 Å². The zero-order valence-corrected chi connectivity index (χ0v) is 15.8. The Labute approximate surface area is 167 Å². The van der Waals surface area contributed by atoms with E-state index in [1.54, 1.807) is 47.5 Å². The van der Waals surface area contributed by atoms with Crippen LogP contribution in [0.25, 0.3) is 0 Å². The van der Waals surface area contributed by atoms with Gasteiger partial charge in [0.1, 0.15) is 0 Å². The fourth-order valence-corrected chi connectivity index (χ4v) is 3.12. The van der Waals surface area contributed by atoms with Crippen molar-refractivity contribution in [2.45, 2.75) is 19.3 Å². The van der Waals surface area contributed by atoms with E-state index < -0.39 is 11.7 Å². The quantitative estimate of drug-likeness (QED) is 0.490. The highest BCUT2D eigenvalue weighted by atomic mass is 19.4. The molecule has 0 saturated carbocycles. The molecule has 0 saturated heterocycles. The van der Waals surface area contributed by atoms with E-state index >= 15 is 0 Å². The molecule has 29 heavy (non-hydrogen) atoms. The van der Waals surface area contributed by atoms with Gasteiger partial charge in [0.25, 0.3) is 5.91 Å². The van der Waals surface area contributed by atoms with Gasteiger partial charge in [-0.25, -0.2) is 0 Å². The number of hydrogen-bond donors (Lipinski definition) is 0. The number of halogens is 3. The Hall–Kier alpha value is -3.28. The molecule has 0 unspecified atom stereocenters. The summed E-state index contributed by atoms with van der Waals surface area (Å²) in [5, 5.41) is 0. The average Bonchev–Trinajstić information content (AvgIpc) is 3.14. The molecular weight excluding hydrogens is 377 g/mol. The van der Waals surface area contributed by atoms with Crippen molar-refractivity contribution in [3.05, 3.63) is 108 Å². The second kappa shape index (κ2) is 8.82. The maximum absolute atomic E-state index is 13.0. The third kappa shape index (κ3) is 5.16. The van der Waals surface area contributed by atoms with E-state index in [4.69, 9.17) is 0 Å². The minimum Gasteiger partial charge on any atom is -0.345 e. The Balaban J connectivity index is 1.80. The summed E-state index contributed by atoms with van der Waals surface area (Å²) < 4.78 is 40.8. The normalized spacial score (nSPS) is 11.3. The number of aromatic nitrogens is 1. The van der Waals surface area contributed by atoms with Crippen molar-refractivity contribution in [2.75, 3.05) is 6.54 Å². The van der Waals surface area contributed by atoms with Gasteiger partial charge in [-0.05, 0) is 42.0 Å². The summed E-state index contributed by atoms with van der Waals surface area (Å²) in [6, 6.07) is 17.9. The van der Waals surface area contributed by atoms with Crippen LogP contribution >= 0.6 is 0 Å². The monoisotopic (exact) mass is 398 g/mol. The molecule has 0 atom stereocenters. The zero-order valence-electron chi connectivity index (χ0n) is 15.8. The lowest BCUT2D eigenvalue weighted by Crippen LogP contribution is -2.31. The first-order chi connectivity index (χ1) is 13.9. The van der Waals surface area contributed by atoms with E-state index in [1.165, 1.54) is 6.07 Å². The van der Waals surface area contributed by atoms with Gasteiger partial charge >= 0.3 is 6.18 Å². The summed E-state index contributed by atoms with van der Waals surface area (Å²) >= 11 is 0. The maximum atomic E-state index is 13.0. The third-order valence-electron chi connectivity index (χ3n) is 4.54. The van der Waals surface area contributed by atoms with Crippen LogP contribution < -0.4 is 0 Å². The molecule has 0 aliphatic carbocycles. The number of carbonyl (C=O) groups excluding carboxylic acids is 1. The molecule has 6 heteroatoms. The SMILES string of the molecule is C=CCN(Cc1cccn1Cc1cccc(C(F)(F)F)c1)C(=O)c1ccccc1. The first kappa shape index (κ1) is 20.5. The van der Waals surface area contributed by atoms with Crippen LogP contribution in [-0.2, 0) is 19.3 Å². The van der Waals surface area contributed by atoms with Gasteiger partial charge in [-0.15, -0.1) is 6.58 Å². The Morgan fingerprint density at radius 1 is 1.03 bits per heavy atom. The van der Waals surface area contributed by atoms with Crippen LogP contribution in [0.2, 0.25) is 0 Å². The minimum atomic E-state index is -4.38. The standard InChI is InChI=1S/C23H21F3N2O/c1-2-13-28(22(29)19-9-4-3-5-10-19)17-21-12-7-14-27(21)16-18-8-6-11-20(15-18)23(24,25)26/h2-12,14-15H,1,13,16-17H2. The van der Waals surface area contributed by atoms with Gasteiger partial charge in [0.15, 0.2) is 0 Å². The van der Waals surface area contributed by atoms with Crippen molar-refractivity contribution in [3.8, 4) is 0 Å². The van der Waals surface area contributed by atoms with E-state index in [9.17, 15) is 18.0 Å². The Bertz CT molecular complexity index is 977. The number of rotatable bonds is 7. The summed E-state index contributed by atoms with van der Waals surface area (Å²) in [6.45, 7) is 4.70. The summed E-state index contributed by atoms with van der Waals surface area (Å²) in [7, 11) is 0. The largest absolute Gasteiger partial charge is 0.416 e. The predicted molar refractivity (Wildman–Crippen MR) is 106 cm³/mol. The molecule has 3 rings (SSSR count). The first-order valence-corrected chi connectivity index (χ1v) is 9.14. The summed E-state index contributed by atoms with van der Waals surface area (Å²) in [6.07, 6.45) is -0.923. The molecule has 1 aromatic heterocycles. The maximum Gasteiger partial charge on any atom is 0.416 e. The lowest BCUT2D eigenvalue weighted by molar-refractivity contribution is -0.137. The van der Waals surface area contributed by atoms with Crippen LogP contribution in [0.5, 0.6) is 0 Å². The number of carbonyl (C=O) groups is 1. The smallest absolute Gasteiger partial charge is 0.345 e. The average molecular weight is 398 g/mol. The second-order valence-corrected chi connectivity index (χ2v) is 6.67. The minimum absolute atomic E-state index is 0.127. The van der Waals surface area contributed by atoms with Crippen molar-refractivity contribution in [1.29, 1.82) is 0 Å². The van der Waals surface area contributed by atoms with Gasteiger partial charge in [-0.3, -0.25) is 4.79 Å². The molecule has 0 bridgehead atoms. The number of alkyl halides is 3. The molecule has 0 aliphatic rings. The fourth-order valence-electron chi connectivity index (χ4n) is 3.12. The van der Waals surface area contributed by atoms with Crippen molar-refractivity contribution < 1.29 is 18.0 Å². The summed E-state index contributed by atoms with van der Waals surface area (Å²) in [5.41, 5.74) is 1.28. The molecule has 1 heterocycles. The van der Waals surface area contributed by atoms with Crippen LogP contribution in [0, 0.1) is 0 Å². The topological polar surface area (TPSA) is 25.2 Å². The molecule has 150 valence electrons. The van der Waals surface area contributed by atoms with Crippen LogP contribution in [0.1, 0.15) is 27.2 Å². The number of amides is 1. The zero-order chi connectivity index (χ0) is 20.9. The molecule has 1 amide bonds. The first-order valence-electron chi connectivity index (χ1n) is 9.14. The van der Waals surface area contributed by atoms with Gasteiger partial charge in [-0.2, -0.15) is 13.2 Å². The molecule has 2 aromatic carbocycles. The van der Waals surface area contributed by atoms with Gasteiger partial charge < -0.3 is 9.47 Å². The highest BCUT2D eigenvalue weighted by molar-refractivity contribution is 5.94. The number of hydrogen-bond acceptors (Lipinski definition) is 1. The van der Waals surface area contributed by atoms with Crippen molar-refractivity contribution in [3.63, 3.8) is 0 Å². The Kier molecular flexibility index (Phi) is 6.22. The van der Waals surface area contributed by atoms with E-state index in [-0.39, 0.29) is 12.5 Å². The van der Waals surface area contributed by atoms with E-state index in [2.05, 4.69) is 6.58 Å². The molecular formula is C23H21F3N2O. The highest BCUT2D eigenvalue weighted by Crippen LogP contribution is 2.29. The van der Waals surface area contributed by atoms with Crippen molar-refractivity contribution in [1.82, 2.24) is 9.47 Å². The summed E-state index contributed by atoms with van der Waals surface area (Å²) in [4.78, 5) is 14.5.